The first-order valence-corrected chi connectivity index (χ1v) is 6.26. The van der Waals surface area contributed by atoms with Crippen LogP contribution in [0.3, 0.4) is 0 Å². The summed E-state index contributed by atoms with van der Waals surface area (Å²) in [5, 5.41) is 11.0. The lowest BCUT2D eigenvalue weighted by Crippen LogP contribution is -1.89. The van der Waals surface area contributed by atoms with E-state index in [1.54, 1.807) is 6.07 Å². The Kier molecular flexibility index (Phi) is 2.84. The molecule has 0 aliphatic carbocycles. The third kappa shape index (κ3) is 2.13. The van der Waals surface area contributed by atoms with Gasteiger partial charge >= 0.3 is 0 Å². The topological polar surface area (TPSA) is 25.2 Å². The lowest BCUT2D eigenvalue weighted by atomic mass is 10.2. The van der Waals surface area contributed by atoms with Crippen LogP contribution in [0.2, 0.25) is 0 Å². The largest absolute Gasteiger partial charge is 0.507 e. The van der Waals surface area contributed by atoms with Gasteiger partial charge in [0.15, 0.2) is 0 Å². The quantitative estimate of drug-likeness (QED) is 0.728. The van der Waals surface area contributed by atoms with Crippen molar-refractivity contribution in [3.63, 3.8) is 0 Å². The SMILES string of the molecule is Cn1c(C=Cc2ccccc2O)cc2ccccc21. The Labute approximate surface area is 112 Å². The fourth-order valence-corrected chi connectivity index (χ4v) is 2.27. The molecule has 2 aromatic carbocycles. The molecule has 0 unspecified atom stereocenters. The Bertz CT molecular complexity index is 753. The minimum atomic E-state index is 0.303. The molecule has 0 spiro atoms. The van der Waals surface area contributed by atoms with Crippen molar-refractivity contribution in [2.45, 2.75) is 0 Å². The molecule has 0 radical (unpaired) electrons. The minimum absolute atomic E-state index is 0.303. The molecule has 1 heterocycles. The highest BCUT2D eigenvalue weighted by Gasteiger charge is 2.02. The smallest absolute Gasteiger partial charge is 0.122 e. The molecule has 0 fully saturated rings. The predicted octanol–water partition coefficient (Wildman–Crippen LogP) is 4.05. The summed E-state index contributed by atoms with van der Waals surface area (Å²) in [6.45, 7) is 0. The number of para-hydroxylation sites is 2. The van der Waals surface area contributed by atoms with E-state index in [0.717, 1.165) is 11.3 Å². The molecule has 1 aromatic heterocycles. The molecule has 3 rings (SSSR count). The van der Waals surface area contributed by atoms with Gasteiger partial charge in [0.05, 0.1) is 0 Å². The number of benzene rings is 2. The van der Waals surface area contributed by atoms with Crippen molar-refractivity contribution in [3.8, 4) is 5.75 Å². The second kappa shape index (κ2) is 4.65. The van der Waals surface area contributed by atoms with Gasteiger partial charge in [-0.25, -0.2) is 0 Å². The van der Waals surface area contributed by atoms with Crippen LogP contribution in [0.25, 0.3) is 23.1 Å². The Morgan fingerprint density at radius 3 is 2.47 bits per heavy atom. The van der Waals surface area contributed by atoms with Gasteiger partial charge in [-0.15, -0.1) is 0 Å². The zero-order valence-corrected chi connectivity index (χ0v) is 10.7. The Balaban J connectivity index is 2.02. The van der Waals surface area contributed by atoms with Crippen LogP contribution in [0.4, 0.5) is 0 Å². The molecular formula is C17H15NO. The van der Waals surface area contributed by atoms with E-state index in [1.165, 1.54) is 10.9 Å². The molecule has 0 bridgehead atoms. The first-order chi connectivity index (χ1) is 9.25. The first-order valence-electron chi connectivity index (χ1n) is 6.26. The Morgan fingerprint density at radius 1 is 0.947 bits per heavy atom. The molecule has 1 N–H and O–H groups in total. The average Bonchev–Trinajstić information content (AvgIpc) is 2.75. The molecule has 0 saturated carbocycles. The van der Waals surface area contributed by atoms with Gasteiger partial charge in [-0.05, 0) is 30.4 Å². The van der Waals surface area contributed by atoms with Gasteiger partial charge in [-0.1, -0.05) is 36.4 Å². The third-order valence-electron chi connectivity index (χ3n) is 3.36. The van der Waals surface area contributed by atoms with Gasteiger partial charge in [0.2, 0.25) is 0 Å². The fourth-order valence-electron chi connectivity index (χ4n) is 2.27. The molecule has 0 aliphatic rings. The summed E-state index contributed by atoms with van der Waals surface area (Å²) in [7, 11) is 2.05. The number of fused-ring (bicyclic) bond motifs is 1. The van der Waals surface area contributed by atoms with E-state index >= 15 is 0 Å². The lowest BCUT2D eigenvalue weighted by molar-refractivity contribution is 0.474. The summed E-state index contributed by atoms with van der Waals surface area (Å²) in [4.78, 5) is 0. The van der Waals surface area contributed by atoms with Crippen LogP contribution in [0.1, 0.15) is 11.3 Å². The number of phenolic OH excluding ortho intramolecular Hbond substituents is 1. The number of aryl methyl sites for hydroxylation is 1. The highest BCUT2D eigenvalue weighted by molar-refractivity contribution is 5.85. The van der Waals surface area contributed by atoms with Crippen molar-refractivity contribution in [2.24, 2.45) is 7.05 Å². The molecular weight excluding hydrogens is 234 g/mol. The standard InChI is InChI=1S/C17H15NO/c1-18-15(12-14-7-2-4-8-16(14)18)11-10-13-6-3-5-9-17(13)19/h2-12,19H,1H3. The Morgan fingerprint density at radius 2 is 1.68 bits per heavy atom. The highest BCUT2D eigenvalue weighted by Crippen LogP contribution is 2.22. The lowest BCUT2D eigenvalue weighted by Gasteiger charge is -2.00. The normalized spacial score (nSPS) is 11.4. The van der Waals surface area contributed by atoms with Crippen LogP contribution < -0.4 is 0 Å². The van der Waals surface area contributed by atoms with E-state index < -0.39 is 0 Å². The number of rotatable bonds is 2. The van der Waals surface area contributed by atoms with E-state index in [9.17, 15) is 5.11 Å². The van der Waals surface area contributed by atoms with Crippen molar-refractivity contribution >= 4 is 23.1 Å². The van der Waals surface area contributed by atoms with E-state index in [4.69, 9.17) is 0 Å². The molecule has 94 valence electrons. The molecule has 19 heavy (non-hydrogen) atoms. The molecule has 2 heteroatoms. The zero-order chi connectivity index (χ0) is 13.2. The maximum Gasteiger partial charge on any atom is 0.122 e. The summed E-state index contributed by atoms with van der Waals surface area (Å²) < 4.78 is 2.14. The van der Waals surface area contributed by atoms with Crippen LogP contribution in [0, 0.1) is 0 Å². The van der Waals surface area contributed by atoms with Crippen LogP contribution in [0.5, 0.6) is 5.75 Å². The van der Waals surface area contributed by atoms with Gasteiger partial charge in [0, 0.05) is 29.2 Å². The van der Waals surface area contributed by atoms with Crippen molar-refractivity contribution in [1.29, 1.82) is 0 Å². The van der Waals surface area contributed by atoms with Crippen molar-refractivity contribution in [1.82, 2.24) is 4.57 Å². The maximum atomic E-state index is 9.74. The second-order valence-corrected chi connectivity index (χ2v) is 4.58. The number of hydrogen-bond donors (Lipinski definition) is 1. The summed E-state index contributed by atoms with van der Waals surface area (Å²) in [6, 6.07) is 17.8. The summed E-state index contributed by atoms with van der Waals surface area (Å²) in [6.07, 6.45) is 3.96. The van der Waals surface area contributed by atoms with E-state index in [0.29, 0.717) is 5.75 Å². The fraction of sp³-hybridized carbons (Fsp3) is 0.0588. The van der Waals surface area contributed by atoms with Crippen molar-refractivity contribution in [3.05, 3.63) is 65.9 Å². The summed E-state index contributed by atoms with van der Waals surface area (Å²) >= 11 is 0. The monoisotopic (exact) mass is 249 g/mol. The van der Waals surface area contributed by atoms with Crippen LogP contribution in [-0.2, 0) is 7.05 Å². The van der Waals surface area contributed by atoms with Crippen LogP contribution in [0.15, 0.2) is 54.6 Å². The first kappa shape index (κ1) is 11.6. The van der Waals surface area contributed by atoms with Gasteiger partial charge in [-0.3, -0.25) is 0 Å². The zero-order valence-electron chi connectivity index (χ0n) is 10.7. The maximum absolute atomic E-state index is 9.74. The molecule has 0 saturated heterocycles. The van der Waals surface area contributed by atoms with Gasteiger partial charge in [0.1, 0.15) is 5.75 Å². The highest BCUT2D eigenvalue weighted by atomic mass is 16.3. The van der Waals surface area contributed by atoms with Gasteiger partial charge < -0.3 is 9.67 Å². The van der Waals surface area contributed by atoms with Crippen LogP contribution in [-0.4, -0.2) is 9.67 Å². The van der Waals surface area contributed by atoms with E-state index in [2.05, 4.69) is 22.8 Å². The van der Waals surface area contributed by atoms with Crippen molar-refractivity contribution < 1.29 is 5.11 Å². The predicted molar refractivity (Wildman–Crippen MR) is 80.0 cm³/mol. The second-order valence-electron chi connectivity index (χ2n) is 4.58. The van der Waals surface area contributed by atoms with E-state index in [1.807, 2.05) is 49.5 Å². The summed E-state index contributed by atoms with van der Waals surface area (Å²) in [5.74, 6) is 0.303. The number of aromatic nitrogens is 1. The molecule has 0 atom stereocenters. The number of aromatic hydroxyl groups is 1. The number of nitrogens with zero attached hydrogens (tertiary/aromatic N) is 1. The number of phenols is 1. The molecule has 3 aromatic rings. The minimum Gasteiger partial charge on any atom is -0.507 e. The molecule has 0 amide bonds. The van der Waals surface area contributed by atoms with E-state index in [-0.39, 0.29) is 0 Å². The third-order valence-corrected chi connectivity index (χ3v) is 3.36. The average molecular weight is 249 g/mol. The molecule has 2 nitrogen and oxygen atoms in total. The molecule has 0 aliphatic heterocycles. The van der Waals surface area contributed by atoms with Gasteiger partial charge in [0.25, 0.3) is 0 Å². The number of hydrogen-bond acceptors (Lipinski definition) is 1. The van der Waals surface area contributed by atoms with Gasteiger partial charge in [-0.2, -0.15) is 0 Å². The summed E-state index contributed by atoms with van der Waals surface area (Å²) in [5.41, 5.74) is 3.15. The van der Waals surface area contributed by atoms with Crippen molar-refractivity contribution in [2.75, 3.05) is 0 Å². The van der Waals surface area contributed by atoms with Crippen LogP contribution >= 0.6 is 0 Å². The Hall–Kier alpha value is -2.48.